The van der Waals surface area contributed by atoms with E-state index >= 15 is 0 Å². The van der Waals surface area contributed by atoms with E-state index in [1.807, 2.05) is 0 Å². The Labute approximate surface area is 116 Å². The SMILES string of the molecule is O=C(NCCCN1CCCCC1)c1cc(Br)c[nH]1. The Balaban J connectivity index is 1.61. The van der Waals surface area contributed by atoms with Gasteiger partial charge in [0, 0.05) is 17.2 Å². The highest BCUT2D eigenvalue weighted by molar-refractivity contribution is 9.10. The molecule has 2 heterocycles. The molecular formula is C13H20BrN3O. The molecule has 4 nitrogen and oxygen atoms in total. The minimum atomic E-state index is -0.0284. The molecule has 2 N–H and O–H groups in total. The summed E-state index contributed by atoms with van der Waals surface area (Å²) >= 11 is 3.32. The van der Waals surface area contributed by atoms with E-state index in [1.165, 1.54) is 32.4 Å². The molecule has 2 rings (SSSR count). The van der Waals surface area contributed by atoms with Crippen LogP contribution in [0.15, 0.2) is 16.7 Å². The maximum absolute atomic E-state index is 11.7. The van der Waals surface area contributed by atoms with Gasteiger partial charge in [-0.3, -0.25) is 4.79 Å². The van der Waals surface area contributed by atoms with E-state index in [2.05, 4.69) is 31.1 Å². The fraction of sp³-hybridized carbons (Fsp3) is 0.615. The number of nitrogens with one attached hydrogen (secondary N) is 2. The molecule has 0 spiro atoms. The van der Waals surface area contributed by atoms with E-state index < -0.39 is 0 Å². The zero-order valence-electron chi connectivity index (χ0n) is 10.5. The van der Waals surface area contributed by atoms with E-state index in [1.54, 1.807) is 12.3 Å². The Bertz CT molecular complexity index is 385. The molecule has 1 aliphatic heterocycles. The molecule has 1 aromatic rings. The summed E-state index contributed by atoms with van der Waals surface area (Å²) in [5.41, 5.74) is 0.611. The Morgan fingerprint density at radius 2 is 2.17 bits per heavy atom. The highest BCUT2D eigenvalue weighted by Gasteiger charge is 2.10. The van der Waals surface area contributed by atoms with Gasteiger partial charge in [-0.1, -0.05) is 6.42 Å². The number of halogens is 1. The van der Waals surface area contributed by atoms with Crippen LogP contribution in [0.5, 0.6) is 0 Å². The first-order chi connectivity index (χ1) is 8.75. The second-order valence-electron chi connectivity index (χ2n) is 4.74. The van der Waals surface area contributed by atoms with Crippen molar-refractivity contribution in [3.8, 4) is 0 Å². The number of carbonyl (C=O) groups is 1. The van der Waals surface area contributed by atoms with Crippen molar-refractivity contribution in [2.45, 2.75) is 25.7 Å². The minimum absolute atomic E-state index is 0.0284. The van der Waals surface area contributed by atoms with Crippen LogP contribution >= 0.6 is 15.9 Å². The lowest BCUT2D eigenvalue weighted by molar-refractivity contribution is 0.0946. The van der Waals surface area contributed by atoms with Gasteiger partial charge in [0.25, 0.3) is 5.91 Å². The standard InChI is InChI=1S/C13H20BrN3O/c14-11-9-12(16-10-11)13(18)15-5-4-8-17-6-2-1-3-7-17/h9-10,16H,1-8H2,(H,15,18). The smallest absolute Gasteiger partial charge is 0.267 e. The number of aromatic amines is 1. The topological polar surface area (TPSA) is 48.1 Å². The second kappa shape index (κ2) is 6.95. The molecule has 1 saturated heterocycles. The third-order valence-corrected chi connectivity index (χ3v) is 3.74. The fourth-order valence-corrected chi connectivity index (χ4v) is 2.63. The molecule has 1 fully saturated rings. The van der Waals surface area contributed by atoms with Gasteiger partial charge >= 0.3 is 0 Å². The number of hydrogen-bond acceptors (Lipinski definition) is 2. The molecule has 0 aliphatic carbocycles. The Morgan fingerprint density at radius 3 is 2.83 bits per heavy atom. The number of likely N-dealkylation sites (tertiary alicyclic amines) is 1. The van der Waals surface area contributed by atoms with Crippen molar-refractivity contribution < 1.29 is 4.79 Å². The van der Waals surface area contributed by atoms with Gasteiger partial charge in [0.15, 0.2) is 0 Å². The van der Waals surface area contributed by atoms with Gasteiger partial charge < -0.3 is 15.2 Å². The minimum Gasteiger partial charge on any atom is -0.356 e. The number of carbonyl (C=O) groups excluding carboxylic acids is 1. The second-order valence-corrected chi connectivity index (χ2v) is 5.66. The molecule has 0 atom stereocenters. The first-order valence-electron chi connectivity index (χ1n) is 6.60. The molecule has 18 heavy (non-hydrogen) atoms. The summed E-state index contributed by atoms with van der Waals surface area (Å²) in [5.74, 6) is -0.0284. The van der Waals surface area contributed by atoms with Crippen LogP contribution in [0.1, 0.15) is 36.2 Å². The normalized spacial score (nSPS) is 16.7. The molecule has 100 valence electrons. The molecule has 0 radical (unpaired) electrons. The molecule has 0 saturated carbocycles. The third-order valence-electron chi connectivity index (χ3n) is 3.28. The highest BCUT2D eigenvalue weighted by atomic mass is 79.9. The van der Waals surface area contributed by atoms with Gasteiger partial charge in [-0.2, -0.15) is 0 Å². The molecule has 0 aromatic carbocycles. The lowest BCUT2D eigenvalue weighted by Crippen LogP contribution is -2.33. The monoisotopic (exact) mass is 313 g/mol. The van der Waals surface area contributed by atoms with Crippen molar-refractivity contribution in [3.63, 3.8) is 0 Å². The van der Waals surface area contributed by atoms with E-state index in [-0.39, 0.29) is 5.91 Å². The van der Waals surface area contributed by atoms with Gasteiger partial charge in [-0.25, -0.2) is 0 Å². The first-order valence-corrected chi connectivity index (χ1v) is 7.39. The van der Waals surface area contributed by atoms with E-state index in [0.29, 0.717) is 5.69 Å². The molecule has 0 unspecified atom stereocenters. The molecule has 1 aromatic heterocycles. The average Bonchev–Trinajstić information content (AvgIpc) is 2.82. The van der Waals surface area contributed by atoms with Crippen molar-refractivity contribution in [3.05, 3.63) is 22.4 Å². The predicted molar refractivity (Wildman–Crippen MR) is 75.7 cm³/mol. The summed E-state index contributed by atoms with van der Waals surface area (Å²) in [6.07, 6.45) is 6.80. The van der Waals surface area contributed by atoms with Crippen LogP contribution in [0.4, 0.5) is 0 Å². The van der Waals surface area contributed by atoms with Gasteiger partial charge in [0.2, 0.25) is 0 Å². The maximum atomic E-state index is 11.7. The summed E-state index contributed by atoms with van der Waals surface area (Å²) in [4.78, 5) is 17.1. The number of aromatic nitrogens is 1. The predicted octanol–water partition coefficient (Wildman–Crippen LogP) is 2.38. The van der Waals surface area contributed by atoms with Crippen molar-refractivity contribution in [2.75, 3.05) is 26.2 Å². The molecular weight excluding hydrogens is 294 g/mol. The van der Waals surface area contributed by atoms with E-state index in [0.717, 1.165) is 24.0 Å². The highest BCUT2D eigenvalue weighted by Crippen LogP contribution is 2.10. The number of nitrogens with zero attached hydrogens (tertiary/aromatic N) is 1. The number of hydrogen-bond donors (Lipinski definition) is 2. The van der Waals surface area contributed by atoms with Crippen LogP contribution in [0.3, 0.4) is 0 Å². The van der Waals surface area contributed by atoms with Crippen LogP contribution in [0, 0.1) is 0 Å². The van der Waals surface area contributed by atoms with Gasteiger partial charge in [-0.05, 0) is 60.9 Å². The third kappa shape index (κ3) is 4.14. The van der Waals surface area contributed by atoms with Crippen LogP contribution < -0.4 is 5.32 Å². The van der Waals surface area contributed by atoms with Crippen molar-refractivity contribution >= 4 is 21.8 Å². The van der Waals surface area contributed by atoms with Crippen LogP contribution in [0.25, 0.3) is 0 Å². The van der Waals surface area contributed by atoms with Crippen molar-refractivity contribution in [1.29, 1.82) is 0 Å². The molecule has 5 heteroatoms. The Morgan fingerprint density at radius 1 is 1.39 bits per heavy atom. The van der Waals surface area contributed by atoms with Gasteiger partial charge in [-0.15, -0.1) is 0 Å². The Hall–Kier alpha value is -0.810. The number of H-pyrrole nitrogens is 1. The van der Waals surface area contributed by atoms with Crippen molar-refractivity contribution in [2.24, 2.45) is 0 Å². The van der Waals surface area contributed by atoms with E-state index in [9.17, 15) is 4.79 Å². The zero-order valence-corrected chi connectivity index (χ0v) is 12.1. The molecule has 1 amide bonds. The van der Waals surface area contributed by atoms with Crippen molar-refractivity contribution in [1.82, 2.24) is 15.2 Å². The summed E-state index contributed by atoms with van der Waals surface area (Å²) in [7, 11) is 0. The maximum Gasteiger partial charge on any atom is 0.267 e. The largest absolute Gasteiger partial charge is 0.356 e. The summed E-state index contributed by atoms with van der Waals surface area (Å²) in [6.45, 7) is 4.27. The average molecular weight is 314 g/mol. The lowest BCUT2D eigenvalue weighted by Gasteiger charge is -2.26. The van der Waals surface area contributed by atoms with Crippen LogP contribution in [0.2, 0.25) is 0 Å². The zero-order chi connectivity index (χ0) is 12.8. The molecule has 0 bridgehead atoms. The summed E-state index contributed by atoms with van der Waals surface area (Å²) < 4.78 is 0.904. The quantitative estimate of drug-likeness (QED) is 0.820. The number of piperidine rings is 1. The Kier molecular flexibility index (Phi) is 5.26. The number of amides is 1. The van der Waals surface area contributed by atoms with Gasteiger partial charge in [0.05, 0.1) is 0 Å². The number of rotatable bonds is 5. The first kappa shape index (κ1) is 13.6. The fourth-order valence-electron chi connectivity index (χ4n) is 2.28. The lowest BCUT2D eigenvalue weighted by atomic mass is 10.1. The van der Waals surface area contributed by atoms with E-state index in [4.69, 9.17) is 0 Å². The molecule has 1 aliphatic rings. The van der Waals surface area contributed by atoms with Crippen LogP contribution in [-0.2, 0) is 0 Å². The summed E-state index contributed by atoms with van der Waals surface area (Å²) in [5, 5.41) is 2.93. The van der Waals surface area contributed by atoms with Crippen LogP contribution in [-0.4, -0.2) is 42.0 Å². The van der Waals surface area contributed by atoms with Gasteiger partial charge in [0.1, 0.15) is 5.69 Å². The summed E-state index contributed by atoms with van der Waals surface area (Å²) in [6, 6.07) is 1.79.